The van der Waals surface area contributed by atoms with Gasteiger partial charge in [0, 0.05) is 6.42 Å². The van der Waals surface area contributed by atoms with Gasteiger partial charge < -0.3 is 4.74 Å². The van der Waals surface area contributed by atoms with Gasteiger partial charge in [0.2, 0.25) is 0 Å². The number of ether oxygens (including phenoxy) is 1. The van der Waals surface area contributed by atoms with Gasteiger partial charge in [-0.3, -0.25) is 4.79 Å². The van der Waals surface area contributed by atoms with Gasteiger partial charge in [0.05, 0.1) is 6.10 Å². The number of Topliss-reactive ketones (excluding diaryl/α,β-unsaturated/α-hetero) is 1. The Kier molecular flexibility index (Phi) is 5.16. The highest BCUT2D eigenvalue weighted by molar-refractivity contribution is 5.79. The molecule has 1 aliphatic rings. The maximum Gasteiger partial charge on any atom is 0.158 e. The third-order valence-corrected chi connectivity index (χ3v) is 3.02. The summed E-state index contributed by atoms with van der Waals surface area (Å²) in [5.74, 6) is 0.892. The smallest absolute Gasteiger partial charge is 0.158 e. The number of hydrogen-bond donors (Lipinski definition) is 0. The average Bonchev–Trinajstić information content (AvgIpc) is 2.17. The Hall–Kier alpha value is -0.370. The van der Waals surface area contributed by atoms with Crippen LogP contribution in [0.3, 0.4) is 0 Å². The number of hydrogen-bond acceptors (Lipinski definition) is 2. The molecular weight excluding hydrogens is 176 g/mol. The summed E-state index contributed by atoms with van der Waals surface area (Å²) in [6.07, 6.45) is 6.92. The predicted octanol–water partition coefficient (Wildman–Crippen LogP) is 2.95. The zero-order valence-corrected chi connectivity index (χ0v) is 9.42. The van der Waals surface area contributed by atoms with Crippen molar-refractivity contribution in [3.63, 3.8) is 0 Å². The van der Waals surface area contributed by atoms with Crippen LogP contribution in [0.25, 0.3) is 0 Å². The molecule has 0 spiro atoms. The van der Waals surface area contributed by atoms with Gasteiger partial charge in [-0.1, -0.05) is 26.7 Å². The highest BCUT2D eigenvalue weighted by Crippen LogP contribution is 2.26. The van der Waals surface area contributed by atoms with Gasteiger partial charge in [-0.05, 0) is 25.2 Å². The van der Waals surface area contributed by atoms with E-state index in [0.29, 0.717) is 25.0 Å². The molecule has 1 fully saturated rings. The quantitative estimate of drug-likeness (QED) is 0.679. The van der Waals surface area contributed by atoms with Crippen molar-refractivity contribution in [1.29, 1.82) is 0 Å². The lowest BCUT2D eigenvalue weighted by Crippen LogP contribution is -2.27. The summed E-state index contributed by atoms with van der Waals surface area (Å²) in [7, 11) is 0. The highest BCUT2D eigenvalue weighted by atomic mass is 16.5. The number of rotatable bonds is 5. The summed E-state index contributed by atoms with van der Waals surface area (Å²) >= 11 is 0. The molecule has 14 heavy (non-hydrogen) atoms. The molecule has 0 heterocycles. The van der Waals surface area contributed by atoms with Gasteiger partial charge in [-0.2, -0.15) is 0 Å². The molecule has 2 nitrogen and oxygen atoms in total. The van der Waals surface area contributed by atoms with Crippen LogP contribution < -0.4 is 0 Å². The second-order valence-electron chi connectivity index (χ2n) is 4.40. The molecule has 0 radical (unpaired) electrons. The van der Waals surface area contributed by atoms with Gasteiger partial charge in [-0.25, -0.2) is 0 Å². The van der Waals surface area contributed by atoms with Crippen molar-refractivity contribution in [2.75, 3.05) is 6.61 Å². The summed E-state index contributed by atoms with van der Waals surface area (Å²) in [5, 5.41) is 0. The Morgan fingerprint density at radius 2 is 2.07 bits per heavy atom. The topological polar surface area (TPSA) is 26.3 Å². The van der Waals surface area contributed by atoms with Gasteiger partial charge in [0.15, 0.2) is 5.78 Å². The normalized spacial score (nSPS) is 27.6. The van der Waals surface area contributed by atoms with Crippen molar-refractivity contribution in [3.05, 3.63) is 0 Å². The minimum absolute atomic E-state index is 0.255. The fourth-order valence-corrected chi connectivity index (χ4v) is 2.08. The van der Waals surface area contributed by atoms with Crippen LogP contribution in [0.5, 0.6) is 0 Å². The van der Waals surface area contributed by atoms with Crippen molar-refractivity contribution < 1.29 is 9.53 Å². The van der Waals surface area contributed by atoms with E-state index in [9.17, 15) is 4.79 Å². The second-order valence-corrected chi connectivity index (χ2v) is 4.40. The lowest BCUT2D eigenvalue weighted by molar-refractivity contribution is -0.127. The molecule has 2 atom stereocenters. The van der Waals surface area contributed by atoms with Crippen molar-refractivity contribution in [2.24, 2.45) is 5.92 Å². The lowest BCUT2D eigenvalue weighted by atomic mass is 9.88. The van der Waals surface area contributed by atoms with Crippen molar-refractivity contribution >= 4 is 5.78 Å². The average molecular weight is 198 g/mol. The van der Waals surface area contributed by atoms with E-state index in [0.717, 1.165) is 12.8 Å². The maximum atomic E-state index is 11.3. The first-order chi connectivity index (χ1) is 6.74. The predicted molar refractivity (Wildman–Crippen MR) is 57.3 cm³/mol. The van der Waals surface area contributed by atoms with Crippen molar-refractivity contribution in [3.8, 4) is 0 Å². The van der Waals surface area contributed by atoms with E-state index in [-0.39, 0.29) is 5.78 Å². The van der Waals surface area contributed by atoms with Crippen molar-refractivity contribution in [2.45, 2.75) is 58.5 Å². The van der Waals surface area contributed by atoms with E-state index in [2.05, 4.69) is 6.92 Å². The van der Waals surface area contributed by atoms with Crippen LogP contribution in [0.1, 0.15) is 52.4 Å². The molecule has 1 aliphatic carbocycles. The molecule has 0 bridgehead atoms. The fraction of sp³-hybridized carbons (Fsp3) is 0.917. The van der Waals surface area contributed by atoms with Crippen LogP contribution in [-0.4, -0.2) is 18.5 Å². The van der Waals surface area contributed by atoms with E-state index in [1.165, 1.54) is 19.3 Å². The van der Waals surface area contributed by atoms with E-state index in [4.69, 9.17) is 4.74 Å². The van der Waals surface area contributed by atoms with Crippen molar-refractivity contribution in [1.82, 2.24) is 0 Å². The Bertz CT molecular complexity index is 177. The zero-order chi connectivity index (χ0) is 10.4. The van der Waals surface area contributed by atoms with Gasteiger partial charge in [0.25, 0.3) is 0 Å². The Balaban J connectivity index is 2.19. The van der Waals surface area contributed by atoms with E-state index >= 15 is 0 Å². The van der Waals surface area contributed by atoms with Crippen LogP contribution in [0, 0.1) is 5.92 Å². The number of carbonyl (C=O) groups excluding carboxylic acids is 1. The number of ketones is 1. The summed E-state index contributed by atoms with van der Waals surface area (Å²) in [6, 6.07) is 0. The second kappa shape index (κ2) is 6.18. The van der Waals surface area contributed by atoms with Crippen LogP contribution in [0.15, 0.2) is 0 Å². The van der Waals surface area contributed by atoms with E-state index in [1.54, 1.807) is 0 Å². The van der Waals surface area contributed by atoms with Crippen LogP contribution in [0.2, 0.25) is 0 Å². The largest absolute Gasteiger partial charge is 0.370 e. The van der Waals surface area contributed by atoms with Gasteiger partial charge >= 0.3 is 0 Å². The monoisotopic (exact) mass is 198 g/mol. The molecule has 0 aromatic carbocycles. The SMILES string of the molecule is CCCC(=O)COC1CCCCC1C. The Labute approximate surface area is 87.0 Å². The minimum Gasteiger partial charge on any atom is -0.370 e. The van der Waals surface area contributed by atoms with Crippen LogP contribution >= 0.6 is 0 Å². The number of carbonyl (C=O) groups is 1. The molecule has 0 saturated heterocycles. The van der Waals surface area contributed by atoms with Crippen LogP contribution in [0.4, 0.5) is 0 Å². The molecule has 0 N–H and O–H groups in total. The molecule has 0 aromatic heterocycles. The maximum absolute atomic E-state index is 11.3. The summed E-state index contributed by atoms with van der Waals surface area (Å²) < 4.78 is 5.66. The van der Waals surface area contributed by atoms with Crippen LogP contribution in [-0.2, 0) is 9.53 Å². The first kappa shape index (κ1) is 11.7. The third-order valence-electron chi connectivity index (χ3n) is 3.02. The molecule has 0 amide bonds. The standard InChI is InChI=1S/C12H22O2/c1-3-6-11(13)9-14-12-8-5-4-7-10(12)2/h10,12H,3-9H2,1-2H3. The van der Waals surface area contributed by atoms with Gasteiger partial charge in [-0.15, -0.1) is 0 Å². The molecule has 1 saturated carbocycles. The lowest BCUT2D eigenvalue weighted by Gasteiger charge is -2.28. The zero-order valence-electron chi connectivity index (χ0n) is 9.42. The van der Waals surface area contributed by atoms with Gasteiger partial charge in [0.1, 0.15) is 6.61 Å². The summed E-state index contributed by atoms with van der Waals surface area (Å²) in [6.45, 7) is 4.60. The molecule has 0 aromatic rings. The molecular formula is C12H22O2. The fourth-order valence-electron chi connectivity index (χ4n) is 2.08. The summed E-state index contributed by atoms with van der Waals surface area (Å²) in [4.78, 5) is 11.3. The molecule has 2 heteroatoms. The molecule has 0 aliphatic heterocycles. The first-order valence-electron chi connectivity index (χ1n) is 5.87. The minimum atomic E-state index is 0.255. The first-order valence-corrected chi connectivity index (χ1v) is 5.87. The highest BCUT2D eigenvalue weighted by Gasteiger charge is 2.22. The summed E-state index contributed by atoms with van der Waals surface area (Å²) in [5.41, 5.74) is 0. The van der Waals surface area contributed by atoms with E-state index < -0.39 is 0 Å². The Morgan fingerprint density at radius 1 is 1.36 bits per heavy atom. The third kappa shape index (κ3) is 3.79. The molecule has 82 valence electrons. The van der Waals surface area contributed by atoms with E-state index in [1.807, 2.05) is 6.92 Å². The Morgan fingerprint density at radius 3 is 2.71 bits per heavy atom. The molecule has 2 unspecified atom stereocenters. The molecule has 1 rings (SSSR count).